The average Bonchev–Trinajstić information content (AvgIpc) is 2.63. The number of rotatable bonds is 10. The molecule has 5 nitrogen and oxygen atoms in total. The third kappa shape index (κ3) is 8.48. The van der Waals surface area contributed by atoms with Crippen molar-refractivity contribution in [1.29, 1.82) is 0 Å². The lowest BCUT2D eigenvalue weighted by Crippen LogP contribution is -2.34. The fraction of sp³-hybridized carbons (Fsp3) is 0.619. The van der Waals surface area contributed by atoms with Gasteiger partial charge in [-0.1, -0.05) is 38.5 Å². The third-order valence-corrected chi connectivity index (χ3v) is 4.27. The minimum atomic E-state index is -0.182. The predicted octanol–water partition coefficient (Wildman–Crippen LogP) is 4.02. The van der Waals surface area contributed by atoms with Crippen LogP contribution in [0.4, 0.5) is 0 Å². The number of ether oxygens (including phenoxy) is 1. The van der Waals surface area contributed by atoms with Crippen LogP contribution in [0.3, 0.4) is 0 Å². The number of hydrogen-bond donors (Lipinski definition) is 1. The second kappa shape index (κ2) is 12.5. The summed E-state index contributed by atoms with van der Waals surface area (Å²) in [5.41, 5.74) is 1.67. The largest absolute Gasteiger partial charge is 0.465 e. The minimum Gasteiger partial charge on any atom is -0.465 e. The molecule has 0 bridgehead atoms. The molecule has 0 aliphatic carbocycles. The smallest absolute Gasteiger partial charge is 0.291 e. The van der Waals surface area contributed by atoms with Crippen LogP contribution in [-0.4, -0.2) is 49.1 Å². The first-order chi connectivity index (χ1) is 12.5. The Balaban J connectivity index is 2.65. The van der Waals surface area contributed by atoms with Crippen molar-refractivity contribution < 1.29 is 9.53 Å². The predicted molar refractivity (Wildman–Crippen MR) is 109 cm³/mol. The van der Waals surface area contributed by atoms with Crippen LogP contribution in [0, 0.1) is 6.92 Å². The van der Waals surface area contributed by atoms with E-state index in [9.17, 15) is 4.79 Å². The zero-order valence-electron chi connectivity index (χ0n) is 17.0. The van der Waals surface area contributed by atoms with E-state index in [1.165, 1.54) is 0 Å². The summed E-state index contributed by atoms with van der Waals surface area (Å²) in [7, 11) is 0. The Morgan fingerprint density at radius 2 is 2.00 bits per heavy atom. The summed E-state index contributed by atoms with van der Waals surface area (Å²) in [5, 5.41) is 2.83. The maximum atomic E-state index is 12.5. The number of carbonyl (C=O) groups is 1. The van der Waals surface area contributed by atoms with Gasteiger partial charge in [-0.25, -0.2) is 4.99 Å². The van der Waals surface area contributed by atoms with Crippen LogP contribution in [0.1, 0.15) is 62.9 Å². The fourth-order valence-electron chi connectivity index (χ4n) is 2.67. The number of carbonyl (C=O) groups excluding carboxylic acids is 1. The molecule has 0 aromatic heterocycles. The van der Waals surface area contributed by atoms with Gasteiger partial charge in [0, 0.05) is 5.56 Å². The lowest BCUT2D eigenvalue weighted by atomic mass is 10.1. The van der Waals surface area contributed by atoms with Gasteiger partial charge in [0.15, 0.2) is 0 Å². The number of aryl methyl sites for hydroxylation is 1. The monoisotopic (exact) mass is 361 g/mol. The van der Waals surface area contributed by atoms with Crippen LogP contribution < -0.4 is 5.32 Å². The van der Waals surface area contributed by atoms with Gasteiger partial charge in [0.2, 0.25) is 0 Å². The number of amidine groups is 1. The standard InChI is InChI=1S/C21H35N3O2/c1-6-15-26-21(22-18(5)12-10-14-24(7-2)8-3)23-20(25)19-13-9-11-17(4)16-19/h9,11,13,16,18H,6-8,10,12,14-15H2,1-5H3,(H,22,23,25)/t18-/m0/s1. The van der Waals surface area contributed by atoms with Gasteiger partial charge in [-0.2, -0.15) is 0 Å². The van der Waals surface area contributed by atoms with E-state index in [0.717, 1.165) is 44.5 Å². The van der Waals surface area contributed by atoms with Crippen molar-refractivity contribution in [3.8, 4) is 0 Å². The molecule has 1 N–H and O–H groups in total. The second-order valence-corrected chi connectivity index (χ2v) is 6.62. The highest BCUT2D eigenvalue weighted by Crippen LogP contribution is 2.06. The van der Waals surface area contributed by atoms with Crippen LogP contribution >= 0.6 is 0 Å². The number of benzene rings is 1. The van der Waals surface area contributed by atoms with Crippen molar-refractivity contribution in [2.45, 2.75) is 59.9 Å². The molecule has 1 amide bonds. The first kappa shape index (κ1) is 22.2. The Labute approximate surface area is 158 Å². The summed E-state index contributed by atoms with van der Waals surface area (Å²) in [6.07, 6.45) is 2.92. The van der Waals surface area contributed by atoms with E-state index in [1.807, 2.05) is 32.0 Å². The molecule has 0 heterocycles. The van der Waals surface area contributed by atoms with Crippen molar-refractivity contribution in [3.63, 3.8) is 0 Å². The Kier molecular flexibility index (Phi) is 10.6. The second-order valence-electron chi connectivity index (χ2n) is 6.62. The molecule has 146 valence electrons. The fourth-order valence-corrected chi connectivity index (χ4v) is 2.67. The van der Waals surface area contributed by atoms with E-state index in [4.69, 9.17) is 4.74 Å². The summed E-state index contributed by atoms with van der Waals surface area (Å²) in [6, 6.07) is 7.94. The molecule has 1 atom stereocenters. The molecule has 0 unspecified atom stereocenters. The lowest BCUT2D eigenvalue weighted by molar-refractivity contribution is 0.0965. The first-order valence-corrected chi connectivity index (χ1v) is 9.81. The quantitative estimate of drug-likeness (QED) is 0.506. The molecule has 0 fully saturated rings. The summed E-state index contributed by atoms with van der Waals surface area (Å²) < 4.78 is 5.66. The van der Waals surface area contributed by atoms with Gasteiger partial charge in [-0.05, 0) is 64.9 Å². The highest BCUT2D eigenvalue weighted by Gasteiger charge is 2.12. The average molecular weight is 362 g/mol. The van der Waals surface area contributed by atoms with E-state index < -0.39 is 0 Å². The van der Waals surface area contributed by atoms with E-state index in [0.29, 0.717) is 18.2 Å². The van der Waals surface area contributed by atoms with Crippen LogP contribution in [0.25, 0.3) is 0 Å². The molecular weight excluding hydrogens is 326 g/mol. The van der Waals surface area contributed by atoms with Crippen molar-refractivity contribution >= 4 is 11.9 Å². The number of amides is 1. The Hall–Kier alpha value is -1.88. The van der Waals surface area contributed by atoms with Crippen LogP contribution in [0.2, 0.25) is 0 Å². The highest BCUT2D eigenvalue weighted by atomic mass is 16.5. The summed E-state index contributed by atoms with van der Waals surface area (Å²) >= 11 is 0. The van der Waals surface area contributed by atoms with E-state index in [2.05, 4.69) is 36.0 Å². The third-order valence-electron chi connectivity index (χ3n) is 4.27. The van der Waals surface area contributed by atoms with Crippen molar-refractivity contribution in [1.82, 2.24) is 10.2 Å². The van der Waals surface area contributed by atoms with Crippen molar-refractivity contribution in [2.75, 3.05) is 26.2 Å². The van der Waals surface area contributed by atoms with Gasteiger partial charge in [0.05, 0.1) is 12.6 Å². The summed E-state index contributed by atoms with van der Waals surface area (Å²) in [5.74, 6) is -0.182. The van der Waals surface area contributed by atoms with Gasteiger partial charge in [-0.3, -0.25) is 10.1 Å². The molecule has 0 aliphatic rings. The molecular formula is C21H35N3O2. The lowest BCUT2D eigenvalue weighted by Gasteiger charge is -2.18. The molecule has 1 aromatic rings. The molecule has 26 heavy (non-hydrogen) atoms. The summed E-state index contributed by atoms with van der Waals surface area (Å²) in [4.78, 5) is 19.5. The van der Waals surface area contributed by atoms with Crippen LogP contribution in [0.15, 0.2) is 29.3 Å². The molecule has 1 rings (SSSR count). The van der Waals surface area contributed by atoms with Gasteiger partial charge < -0.3 is 9.64 Å². The first-order valence-electron chi connectivity index (χ1n) is 9.81. The number of hydrogen-bond acceptors (Lipinski definition) is 4. The van der Waals surface area contributed by atoms with Crippen molar-refractivity contribution in [2.24, 2.45) is 4.99 Å². The molecule has 0 saturated heterocycles. The van der Waals surface area contributed by atoms with E-state index >= 15 is 0 Å². The highest BCUT2D eigenvalue weighted by molar-refractivity contribution is 6.04. The normalized spacial score (nSPS) is 12.9. The van der Waals surface area contributed by atoms with E-state index in [1.54, 1.807) is 6.07 Å². The minimum absolute atomic E-state index is 0.107. The summed E-state index contributed by atoms with van der Waals surface area (Å²) in [6.45, 7) is 14.2. The van der Waals surface area contributed by atoms with Gasteiger partial charge >= 0.3 is 0 Å². The number of aliphatic imine (C=N–C) groups is 1. The van der Waals surface area contributed by atoms with Crippen molar-refractivity contribution in [3.05, 3.63) is 35.4 Å². The molecule has 0 aliphatic heterocycles. The van der Waals surface area contributed by atoms with Crippen LogP contribution in [-0.2, 0) is 4.74 Å². The zero-order valence-corrected chi connectivity index (χ0v) is 17.0. The van der Waals surface area contributed by atoms with E-state index in [-0.39, 0.29) is 11.9 Å². The Morgan fingerprint density at radius 1 is 1.27 bits per heavy atom. The maximum absolute atomic E-state index is 12.5. The molecule has 5 heteroatoms. The number of nitrogens with zero attached hydrogens (tertiary/aromatic N) is 2. The zero-order chi connectivity index (χ0) is 19.4. The Morgan fingerprint density at radius 3 is 2.62 bits per heavy atom. The number of nitrogens with one attached hydrogen (secondary N) is 1. The van der Waals surface area contributed by atoms with Crippen LogP contribution in [0.5, 0.6) is 0 Å². The molecule has 0 radical (unpaired) electrons. The Bertz CT molecular complexity index is 568. The molecule has 0 spiro atoms. The SMILES string of the molecule is CCCOC(=N[C@@H](C)CCCN(CC)CC)NC(=O)c1cccc(C)c1. The topological polar surface area (TPSA) is 53.9 Å². The molecule has 0 saturated carbocycles. The maximum Gasteiger partial charge on any atom is 0.291 e. The van der Waals surface area contributed by atoms with Gasteiger partial charge in [0.25, 0.3) is 11.9 Å². The van der Waals surface area contributed by atoms with Gasteiger partial charge in [0.1, 0.15) is 0 Å². The van der Waals surface area contributed by atoms with Gasteiger partial charge in [-0.15, -0.1) is 0 Å². The molecule has 1 aromatic carbocycles.